The van der Waals surface area contributed by atoms with Crippen molar-refractivity contribution in [1.29, 1.82) is 0 Å². The van der Waals surface area contributed by atoms with Gasteiger partial charge in [0.15, 0.2) is 0 Å². The zero-order valence-electron chi connectivity index (χ0n) is 11.4. The normalized spacial score (nSPS) is 17.3. The van der Waals surface area contributed by atoms with E-state index in [4.69, 9.17) is 5.73 Å². The van der Waals surface area contributed by atoms with Gasteiger partial charge in [0.1, 0.15) is 6.04 Å². The Morgan fingerprint density at radius 1 is 1.43 bits per heavy atom. The summed E-state index contributed by atoms with van der Waals surface area (Å²) in [6.07, 6.45) is 1.04. The van der Waals surface area contributed by atoms with E-state index in [0.29, 0.717) is 13.0 Å². The van der Waals surface area contributed by atoms with Gasteiger partial charge in [0.2, 0.25) is 11.8 Å². The lowest BCUT2D eigenvalue weighted by Crippen LogP contribution is -2.46. The molecule has 0 saturated heterocycles. The number of nitrogens with two attached hydrogens (primary N) is 1. The molecule has 1 aliphatic rings. The number of carbonyl (C=O) groups excluding carboxylic acids is 2. The smallest absolute Gasteiger partial charge is 0.244 e. The third-order valence-electron chi connectivity index (χ3n) is 3.74. The van der Waals surface area contributed by atoms with E-state index in [1.165, 1.54) is 0 Å². The van der Waals surface area contributed by atoms with E-state index in [9.17, 15) is 9.59 Å². The zero-order chi connectivity index (χ0) is 14.8. The SMILES string of the molecule is NC(=O)C1c2cc[c]cc2CCN1C(=O)Cc1ccsc1. The Hall–Kier alpha value is -2.14. The topological polar surface area (TPSA) is 63.4 Å². The average Bonchev–Trinajstić information content (AvgIpc) is 2.98. The van der Waals surface area contributed by atoms with E-state index in [2.05, 4.69) is 6.07 Å². The lowest BCUT2D eigenvalue weighted by atomic mass is 9.91. The first kappa shape index (κ1) is 13.8. The number of benzene rings is 1. The van der Waals surface area contributed by atoms with E-state index in [0.717, 1.165) is 23.1 Å². The molecule has 1 aliphatic heterocycles. The fourth-order valence-corrected chi connectivity index (χ4v) is 3.41. The fraction of sp³-hybridized carbons (Fsp3) is 0.250. The molecule has 2 N–H and O–H groups in total. The highest BCUT2D eigenvalue weighted by atomic mass is 32.1. The molecule has 5 heteroatoms. The van der Waals surface area contributed by atoms with Gasteiger partial charge in [0.05, 0.1) is 6.42 Å². The van der Waals surface area contributed by atoms with Gasteiger partial charge in [-0.25, -0.2) is 0 Å². The van der Waals surface area contributed by atoms with E-state index in [-0.39, 0.29) is 5.91 Å². The second kappa shape index (κ2) is 5.69. The highest BCUT2D eigenvalue weighted by Gasteiger charge is 2.34. The lowest BCUT2D eigenvalue weighted by Gasteiger charge is -2.35. The first-order valence-corrected chi connectivity index (χ1v) is 7.70. The molecule has 1 aromatic heterocycles. The predicted octanol–water partition coefficient (Wildman–Crippen LogP) is 1.70. The van der Waals surface area contributed by atoms with Crippen molar-refractivity contribution in [2.45, 2.75) is 18.9 Å². The zero-order valence-corrected chi connectivity index (χ0v) is 12.2. The Morgan fingerprint density at radius 2 is 2.29 bits per heavy atom. The molecule has 0 fully saturated rings. The fourth-order valence-electron chi connectivity index (χ4n) is 2.74. The van der Waals surface area contributed by atoms with Crippen molar-refractivity contribution in [1.82, 2.24) is 4.90 Å². The highest BCUT2D eigenvalue weighted by Crippen LogP contribution is 2.30. The van der Waals surface area contributed by atoms with Crippen molar-refractivity contribution < 1.29 is 9.59 Å². The summed E-state index contributed by atoms with van der Waals surface area (Å²) >= 11 is 1.56. The van der Waals surface area contributed by atoms with Gasteiger partial charge < -0.3 is 10.6 Å². The highest BCUT2D eigenvalue weighted by molar-refractivity contribution is 7.08. The molecule has 1 unspecified atom stereocenters. The summed E-state index contributed by atoms with van der Waals surface area (Å²) < 4.78 is 0. The molecule has 2 amide bonds. The van der Waals surface area contributed by atoms with Crippen LogP contribution in [-0.4, -0.2) is 23.3 Å². The van der Waals surface area contributed by atoms with Crippen LogP contribution in [0.5, 0.6) is 0 Å². The Morgan fingerprint density at radius 3 is 3.00 bits per heavy atom. The molecule has 3 rings (SSSR count). The van der Waals surface area contributed by atoms with Gasteiger partial charge in [-0.05, 0) is 46.0 Å². The standard InChI is InChI=1S/C16H15N2O2S/c17-16(20)15-13-4-2-1-3-12(13)5-7-18(15)14(19)9-11-6-8-21-10-11/h2-4,6,8,10,15H,5,7,9H2,(H2,17,20). The third-order valence-corrected chi connectivity index (χ3v) is 4.47. The maximum Gasteiger partial charge on any atom is 0.244 e. The van der Waals surface area contributed by atoms with Crippen molar-refractivity contribution >= 4 is 23.2 Å². The van der Waals surface area contributed by atoms with Crippen LogP contribution < -0.4 is 5.73 Å². The molecule has 2 aromatic rings. The van der Waals surface area contributed by atoms with E-state index < -0.39 is 11.9 Å². The van der Waals surface area contributed by atoms with Gasteiger partial charge in [-0.3, -0.25) is 9.59 Å². The first-order valence-electron chi connectivity index (χ1n) is 6.75. The maximum absolute atomic E-state index is 12.5. The Bertz CT molecular complexity index is 667. The predicted molar refractivity (Wildman–Crippen MR) is 80.7 cm³/mol. The number of primary amides is 1. The molecule has 1 aromatic carbocycles. The minimum Gasteiger partial charge on any atom is -0.368 e. The summed E-state index contributed by atoms with van der Waals surface area (Å²) in [4.78, 5) is 26.0. The van der Waals surface area contributed by atoms with Crippen molar-refractivity contribution in [3.8, 4) is 0 Å². The van der Waals surface area contributed by atoms with E-state index in [1.54, 1.807) is 22.3 Å². The molecule has 0 spiro atoms. The van der Waals surface area contributed by atoms with Crippen molar-refractivity contribution in [2.75, 3.05) is 6.54 Å². The van der Waals surface area contributed by atoms with Crippen LogP contribution in [0.1, 0.15) is 22.7 Å². The number of rotatable bonds is 3. The molecule has 2 heterocycles. The van der Waals surface area contributed by atoms with Crippen LogP contribution in [0.15, 0.2) is 35.0 Å². The summed E-state index contributed by atoms with van der Waals surface area (Å²) in [6, 6.07) is 9.71. The molecule has 0 aliphatic carbocycles. The summed E-state index contributed by atoms with van der Waals surface area (Å²) in [5.41, 5.74) is 8.38. The number of fused-ring (bicyclic) bond motifs is 1. The minimum atomic E-state index is -0.672. The van der Waals surface area contributed by atoms with Gasteiger partial charge >= 0.3 is 0 Å². The maximum atomic E-state index is 12.5. The number of hydrogen-bond donors (Lipinski definition) is 1. The molecule has 107 valence electrons. The Balaban J connectivity index is 1.88. The largest absolute Gasteiger partial charge is 0.368 e. The molecular formula is C16H15N2O2S. The summed E-state index contributed by atoms with van der Waals surface area (Å²) in [5, 5.41) is 3.89. The second-order valence-electron chi connectivity index (χ2n) is 5.08. The molecule has 1 atom stereocenters. The second-order valence-corrected chi connectivity index (χ2v) is 5.86. The van der Waals surface area contributed by atoms with Crippen LogP contribution >= 0.6 is 11.3 Å². The number of amides is 2. The molecule has 21 heavy (non-hydrogen) atoms. The number of thiophene rings is 1. The van der Waals surface area contributed by atoms with Crippen molar-refractivity contribution in [3.05, 3.63) is 57.8 Å². The lowest BCUT2D eigenvalue weighted by molar-refractivity contribution is -0.139. The monoisotopic (exact) mass is 299 g/mol. The molecular weight excluding hydrogens is 284 g/mol. The van der Waals surface area contributed by atoms with Gasteiger partial charge in [-0.1, -0.05) is 18.2 Å². The quantitative estimate of drug-likeness (QED) is 0.937. The van der Waals surface area contributed by atoms with Gasteiger partial charge in [0.25, 0.3) is 0 Å². The van der Waals surface area contributed by atoms with Crippen LogP contribution in [0.3, 0.4) is 0 Å². The van der Waals surface area contributed by atoms with Crippen molar-refractivity contribution in [2.24, 2.45) is 5.73 Å². The Labute approximate surface area is 127 Å². The van der Waals surface area contributed by atoms with Gasteiger partial charge in [-0.15, -0.1) is 0 Å². The van der Waals surface area contributed by atoms with Gasteiger partial charge in [0, 0.05) is 6.54 Å². The number of nitrogens with zero attached hydrogens (tertiary/aromatic N) is 1. The first-order chi connectivity index (χ1) is 10.2. The summed E-state index contributed by atoms with van der Waals surface area (Å²) in [7, 11) is 0. The minimum absolute atomic E-state index is 0.0596. The molecule has 1 radical (unpaired) electrons. The van der Waals surface area contributed by atoms with Crippen LogP contribution in [0.4, 0.5) is 0 Å². The molecule has 0 saturated carbocycles. The number of carbonyl (C=O) groups is 2. The van der Waals surface area contributed by atoms with Gasteiger partial charge in [-0.2, -0.15) is 11.3 Å². The Kier molecular flexibility index (Phi) is 3.75. The third kappa shape index (κ3) is 2.69. The van der Waals surface area contributed by atoms with E-state index in [1.807, 2.05) is 29.0 Å². The summed E-state index contributed by atoms with van der Waals surface area (Å²) in [6.45, 7) is 0.515. The molecule has 0 bridgehead atoms. The molecule has 4 nitrogen and oxygen atoms in total. The van der Waals surface area contributed by atoms with Crippen LogP contribution in [0.2, 0.25) is 0 Å². The van der Waals surface area contributed by atoms with E-state index >= 15 is 0 Å². The average molecular weight is 299 g/mol. The van der Waals surface area contributed by atoms with Crippen LogP contribution in [0, 0.1) is 6.07 Å². The van der Waals surface area contributed by atoms with Crippen LogP contribution in [-0.2, 0) is 22.4 Å². The van der Waals surface area contributed by atoms with Crippen LogP contribution in [0.25, 0.3) is 0 Å². The van der Waals surface area contributed by atoms with Crippen molar-refractivity contribution in [3.63, 3.8) is 0 Å². The summed E-state index contributed by atoms with van der Waals surface area (Å²) in [5.74, 6) is -0.545. The number of hydrogen-bond acceptors (Lipinski definition) is 3.